The maximum Gasteiger partial charge on any atom is 0.144 e. The number of methoxy groups -OCH3 is 1. The minimum Gasteiger partial charge on any atom is -0.383 e. The summed E-state index contributed by atoms with van der Waals surface area (Å²) in [5, 5.41) is 13.4. The standard InChI is InChI=1S/C21H35N5O2/c1-14-9-10-17(20(22)24-15(2)27)21(23-14)26-12-11-18(19(13-26)28-3)25-16-7-5-4-6-8-16/h9-10,15-16,18-19,25,27H,4-8,11-13H2,1-3H3,(H2,22,24). The molecule has 0 radical (unpaired) electrons. The van der Waals surface area contributed by atoms with E-state index >= 15 is 0 Å². The van der Waals surface area contributed by atoms with Crippen LogP contribution in [0.3, 0.4) is 0 Å². The molecule has 0 aromatic carbocycles. The summed E-state index contributed by atoms with van der Waals surface area (Å²) >= 11 is 0. The number of aromatic nitrogens is 1. The van der Waals surface area contributed by atoms with Gasteiger partial charge < -0.3 is 25.8 Å². The second-order valence-corrected chi connectivity index (χ2v) is 8.09. The molecule has 1 aliphatic carbocycles. The fourth-order valence-electron chi connectivity index (χ4n) is 4.37. The zero-order valence-corrected chi connectivity index (χ0v) is 17.4. The van der Waals surface area contributed by atoms with Crippen LogP contribution >= 0.6 is 0 Å². The van der Waals surface area contributed by atoms with Crippen molar-refractivity contribution in [2.75, 3.05) is 25.1 Å². The molecule has 0 spiro atoms. The predicted octanol–water partition coefficient (Wildman–Crippen LogP) is 1.95. The first-order valence-corrected chi connectivity index (χ1v) is 10.5. The van der Waals surface area contributed by atoms with Crippen LogP contribution < -0.4 is 16.0 Å². The number of rotatable bonds is 6. The molecule has 1 saturated carbocycles. The number of ether oxygens (including phenoxy) is 1. The Bertz CT molecular complexity index is 673. The summed E-state index contributed by atoms with van der Waals surface area (Å²) in [6.07, 6.45) is 6.81. The Morgan fingerprint density at radius 1 is 1.32 bits per heavy atom. The van der Waals surface area contributed by atoms with Crippen LogP contribution in [0.2, 0.25) is 0 Å². The highest BCUT2D eigenvalue weighted by molar-refractivity contribution is 6.01. The summed E-state index contributed by atoms with van der Waals surface area (Å²) in [5.41, 5.74) is 7.85. The van der Waals surface area contributed by atoms with Gasteiger partial charge >= 0.3 is 0 Å². The van der Waals surface area contributed by atoms with Gasteiger partial charge in [0, 0.05) is 38.0 Å². The molecule has 4 N–H and O–H groups in total. The van der Waals surface area contributed by atoms with Gasteiger partial charge in [-0.05, 0) is 45.2 Å². The zero-order chi connectivity index (χ0) is 20.1. The maximum absolute atomic E-state index is 9.58. The van der Waals surface area contributed by atoms with Gasteiger partial charge in [-0.1, -0.05) is 19.3 Å². The van der Waals surface area contributed by atoms with Gasteiger partial charge in [0.25, 0.3) is 0 Å². The third kappa shape index (κ3) is 5.21. The lowest BCUT2D eigenvalue weighted by Gasteiger charge is -2.41. The fraction of sp³-hybridized carbons (Fsp3) is 0.714. The van der Waals surface area contributed by atoms with Gasteiger partial charge in [-0.3, -0.25) is 0 Å². The molecule has 0 bridgehead atoms. The summed E-state index contributed by atoms with van der Waals surface area (Å²) in [6, 6.07) is 4.84. The normalized spacial score (nSPS) is 25.7. The fourth-order valence-corrected chi connectivity index (χ4v) is 4.37. The number of amidine groups is 1. The number of nitrogens with one attached hydrogen (secondary N) is 1. The van der Waals surface area contributed by atoms with Gasteiger partial charge in [0.2, 0.25) is 0 Å². The van der Waals surface area contributed by atoms with E-state index in [-0.39, 0.29) is 6.10 Å². The van der Waals surface area contributed by atoms with Crippen LogP contribution in [-0.2, 0) is 4.74 Å². The molecule has 2 heterocycles. The van der Waals surface area contributed by atoms with Crippen molar-refractivity contribution in [3.8, 4) is 0 Å². The highest BCUT2D eigenvalue weighted by Gasteiger charge is 2.32. The smallest absolute Gasteiger partial charge is 0.144 e. The number of nitrogens with zero attached hydrogens (tertiary/aromatic N) is 3. The van der Waals surface area contributed by atoms with Crippen LogP contribution in [0.5, 0.6) is 0 Å². The average Bonchev–Trinajstić information content (AvgIpc) is 2.68. The first-order valence-electron chi connectivity index (χ1n) is 10.5. The molecular weight excluding hydrogens is 354 g/mol. The van der Waals surface area contributed by atoms with Crippen LogP contribution in [0.4, 0.5) is 5.82 Å². The molecule has 2 fully saturated rings. The van der Waals surface area contributed by atoms with Crippen molar-refractivity contribution in [3.63, 3.8) is 0 Å². The van der Waals surface area contributed by atoms with E-state index in [0.29, 0.717) is 17.9 Å². The van der Waals surface area contributed by atoms with Crippen LogP contribution in [0.25, 0.3) is 0 Å². The van der Waals surface area contributed by atoms with Crippen molar-refractivity contribution >= 4 is 11.7 Å². The molecule has 3 atom stereocenters. The van der Waals surface area contributed by atoms with Crippen molar-refractivity contribution in [2.24, 2.45) is 10.7 Å². The van der Waals surface area contributed by atoms with Crippen molar-refractivity contribution in [1.82, 2.24) is 10.3 Å². The first kappa shape index (κ1) is 21.0. The number of aryl methyl sites for hydroxylation is 1. The van der Waals surface area contributed by atoms with E-state index in [1.165, 1.54) is 32.1 Å². The summed E-state index contributed by atoms with van der Waals surface area (Å²) in [6.45, 7) is 5.21. The number of hydrogen-bond acceptors (Lipinski definition) is 6. The number of nitrogens with two attached hydrogens (primary N) is 1. The third-order valence-electron chi connectivity index (χ3n) is 5.83. The zero-order valence-electron chi connectivity index (χ0n) is 17.4. The average molecular weight is 390 g/mol. The van der Waals surface area contributed by atoms with Crippen LogP contribution in [0, 0.1) is 6.92 Å². The number of anilines is 1. The second kappa shape index (κ2) is 9.67. The highest BCUT2D eigenvalue weighted by atomic mass is 16.5. The maximum atomic E-state index is 9.58. The number of piperidine rings is 1. The quantitative estimate of drug-likeness (QED) is 0.508. The summed E-state index contributed by atoms with van der Waals surface area (Å²) < 4.78 is 5.86. The van der Waals surface area contributed by atoms with Crippen molar-refractivity contribution in [3.05, 3.63) is 23.4 Å². The first-order chi connectivity index (χ1) is 13.5. The Kier molecular flexibility index (Phi) is 7.26. The van der Waals surface area contributed by atoms with Gasteiger partial charge in [0.15, 0.2) is 0 Å². The van der Waals surface area contributed by atoms with E-state index < -0.39 is 6.23 Å². The van der Waals surface area contributed by atoms with Gasteiger partial charge in [-0.25, -0.2) is 9.98 Å². The van der Waals surface area contributed by atoms with Crippen molar-refractivity contribution in [1.29, 1.82) is 0 Å². The lowest BCUT2D eigenvalue weighted by Crippen LogP contribution is -2.56. The van der Waals surface area contributed by atoms with E-state index in [0.717, 1.165) is 36.6 Å². The lowest BCUT2D eigenvalue weighted by molar-refractivity contribution is 0.0533. The lowest BCUT2D eigenvalue weighted by atomic mass is 9.92. The number of aliphatic hydroxyl groups excluding tert-OH is 1. The molecule has 0 amide bonds. The molecule has 28 heavy (non-hydrogen) atoms. The Hall–Kier alpha value is -1.70. The molecule has 1 saturated heterocycles. The third-order valence-corrected chi connectivity index (χ3v) is 5.83. The predicted molar refractivity (Wildman–Crippen MR) is 113 cm³/mol. The van der Waals surface area contributed by atoms with Crippen LogP contribution in [-0.4, -0.2) is 60.5 Å². The van der Waals surface area contributed by atoms with Gasteiger partial charge in [-0.2, -0.15) is 0 Å². The van der Waals surface area contributed by atoms with Gasteiger partial charge in [0.1, 0.15) is 17.9 Å². The Morgan fingerprint density at radius 3 is 2.75 bits per heavy atom. The summed E-state index contributed by atoms with van der Waals surface area (Å²) in [7, 11) is 1.79. The summed E-state index contributed by atoms with van der Waals surface area (Å²) in [4.78, 5) is 11.1. The van der Waals surface area contributed by atoms with Crippen molar-refractivity contribution < 1.29 is 9.84 Å². The van der Waals surface area contributed by atoms with E-state index in [4.69, 9.17) is 15.5 Å². The number of hydrogen-bond donors (Lipinski definition) is 3. The Labute approximate surface area is 168 Å². The Balaban J connectivity index is 1.75. The Morgan fingerprint density at radius 2 is 2.07 bits per heavy atom. The highest BCUT2D eigenvalue weighted by Crippen LogP contribution is 2.26. The molecular formula is C21H35N5O2. The van der Waals surface area contributed by atoms with E-state index in [1.54, 1.807) is 14.0 Å². The molecule has 1 aromatic rings. The molecule has 7 heteroatoms. The molecule has 7 nitrogen and oxygen atoms in total. The number of pyridine rings is 1. The van der Waals surface area contributed by atoms with E-state index in [2.05, 4.69) is 15.2 Å². The molecule has 156 valence electrons. The molecule has 1 aromatic heterocycles. The monoisotopic (exact) mass is 389 g/mol. The number of aliphatic imine (C=N–C) groups is 1. The minimum atomic E-state index is -0.841. The largest absolute Gasteiger partial charge is 0.383 e. The van der Waals surface area contributed by atoms with Crippen LogP contribution in [0.15, 0.2) is 17.1 Å². The van der Waals surface area contributed by atoms with Gasteiger partial charge in [0.05, 0.1) is 11.7 Å². The van der Waals surface area contributed by atoms with E-state index in [1.807, 2.05) is 19.1 Å². The molecule has 1 aliphatic heterocycles. The minimum absolute atomic E-state index is 0.0979. The SMILES string of the molecule is COC1CN(c2nc(C)ccc2C(N)=NC(C)O)CCC1NC1CCCCC1. The number of aliphatic hydroxyl groups is 1. The molecule has 3 rings (SSSR count). The van der Waals surface area contributed by atoms with Gasteiger partial charge in [-0.15, -0.1) is 0 Å². The second-order valence-electron chi connectivity index (χ2n) is 8.09. The van der Waals surface area contributed by atoms with Crippen LogP contribution in [0.1, 0.15) is 56.7 Å². The molecule has 3 unspecified atom stereocenters. The summed E-state index contributed by atoms with van der Waals surface area (Å²) in [5.74, 6) is 1.13. The van der Waals surface area contributed by atoms with Crippen molar-refractivity contribution in [2.45, 2.75) is 76.8 Å². The topological polar surface area (TPSA) is 96.0 Å². The molecule has 2 aliphatic rings. The van der Waals surface area contributed by atoms with E-state index in [9.17, 15) is 5.11 Å².